The molecule has 0 saturated heterocycles. The van der Waals surface area contributed by atoms with Gasteiger partial charge >= 0.3 is 11.9 Å². The van der Waals surface area contributed by atoms with Gasteiger partial charge in [0.2, 0.25) is 5.78 Å². The van der Waals surface area contributed by atoms with Gasteiger partial charge in [0.15, 0.2) is 0 Å². The number of ketones is 1. The molecule has 1 aromatic rings. The molecule has 1 aromatic carbocycles. The van der Waals surface area contributed by atoms with Crippen molar-refractivity contribution in [1.82, 2.24) is 0 Å². The number of alkyl halides is 2. The van der Waals surface area contributed by atoms with E-state index in [4.69, 9.17) is 0 Å². The van der Waals surface area contributed by atoms with Gasteiger partial charge in [-0.15, -0.1) is 0 Å². The van der Waals surface area contributed by atoms with E-state index in [9.17, 15) is 18.4 Å². The Morgan fingerprint density at radius 1 is 1.33 bits per heavy atom. The first-order chi connectivity index (χ1) is 8.37. The highest BCUT2D eigenvalue weighted by atomic mass is 19.3. The molecule has 0 spiro atoms. The number of halogens is 2. The third-order valence-corrected chi connectivity index (χ3v) is 2.33. The van der Waals surface area contributed by atoms with E-state index in [-0.39, 0.29) is 6.61 Å². The first-order valence-electron chi connectivity index (χ1n) is 5.51. The van der Waals surface area contributed by atoms with Crippen molar-refractivity contribution in [1.29, 1.82) is 0 Å². The maximum atomic E-state index is 13.4. The smallest absolute Gasteiger partial charge is 0.400 e. The lowest BCUT2D eigenvalue weighted by molar-refractivity contribution is -0.176. The first kappa shape index (κ1) is 14.3. The lowest BCUT2D eigenvalue weighted by Gasteiger charge is -2.13. The Morgan fingerprint density at radius 2 is 2.00 bits per heavy atom. The predicted molar refractivity (Wildman–Crippen MR) is 61.5 cm³/mol. The van der Waals surface area contributed by atoms with Crippen LogP contribution in [0.15, 0.2) is 24.3 Å². The Morgan fingerprint density at radius 3 is 2.56 bits per heavy atom. The molecule has 3 nitrogen and oxygen atoms in total. The molecule has 18 heavy (non-hydrogen) atoms. The van der Waals surface area contributed by atoms with Gasteiger partial charge in [0.05, 0.1) is 6.61 Å². The fourth-order valence-corrected chi connectivity index (χ4v) is 1.45. The quantitative estimate of drug-likeness (QED) is 0.599. The normalized spacial score (nSPS) is 11.1. The zero-order valence-electron chi connectivity index (χ0n) is 10.2. The maximum Gasteiger partial charge on any atom is 0.400 e. The Kier molecular flexibility index (Phi) is 4.53. The summed E-state index contributed by atoms with van der Waals surface area (Å²) in [6.07, 6.45) is -0.493. The summed E-state index contributed by atoms with van der Waals surface area (Å²) in [6.45, 7) is 3.00. The van der Waals surface area contributed by atoms with Gasteiger partial charge < -0.3 is 4.74 Å². The molecule has 0 amide bonds. The number of aryl methyl sites for hydroxylation is 1. The molecule has 98 valence electrons. The topological polar surface area (TPSA) is 43.4 Å². The van der Waals surface area contributed by atoms with Crippen LogP contribution in [-0.2, 0) is 20.7 Å². The number of ether oxygens (including phenoxy) is 1. The molecule has 5 heteroatoms. The van der Waals surface area contributed by atoms with E-state index in [0.29, 0.717) is 5.56 Å². The molecule has 0 aromatic heterocycles. The molecule has 0 saturated carbocycles. The Labute approximate surface area is 104 Å². The average molecular weight is 256 g/mol. The van der Waals surface area contributed by atoms with E-state index >= 15 is 0 Å². The summed E-state index contributed by atoms with van der Waals surface area (Å²) in [7, 11) is 0. The van der Waals surface area contributed by atoms with Gasteiger partial charge in [-0.2, -0.15) is 8.78 Å². The highest BCUT2D eigenvalue weighted by Crippen LogP contribution is 2.20. The molecule has 1 rings (SSSR count). The van der Waals surface area contributed by atoms with Crippen molar-refractivity contribution in [3.05, 3.63) is 35.4 Å². The van der Waals surface area contributed by atoms with Crippen LogP contribution in [0.1, 0.15) is 18.1 Å². The highest BCUT2D eigenvalue weighted by Gasteiger charge is 2.48. The monoisotopic (exact) mass is 256 g/mol. The number of rotatable bonds is 5. The van der Waals surface area contributed by atoms with Crippen molar-refractivity contribution in [2.24, 2.45) is 0 Å². The summed E-state index contributed by atoms with van der Waals surface area (Å²) in [5.41, 5.74) is 1.31. The van der Waals surface area contributed by atoms with Crippen LogP contribution in [0.2, 0.25) is 0 Å². The summed E-state index contributed by atoms with van der Waals surface area (Å²) >= 11 is 0. The minimum Gasteiger partial charge on any atom is -0.461 e. The van der Waals surface area contributed by atoms with Gasteiger partial charge in [-0.25, -0.2) is 4.79 Å². The van der Waals surface area contributed by atoms with Crippen LogP contribution in [0.5, 0.6) is 0 Å². The molecular weight excluding hydrogens is 242 g/mol. The second-order valence-electron chi connectivity index (χ2n) is 3.88. The molecule has 0 N–H and O–H groups in total. The van der Waals surface area contributed by atoms with Crippen LogP contribution in [0.25, 0.3) is 0 Å². The van der Waals surface area contributed by atoms with E-state index in [1.54, 1.807) is 31.2 Å². The average Bonchev–Trinajstić information content (AvgIpc) is 2.29. The van der Waals surface area contributed by atoms with Crippen molar-refractivity contribution >= 4 is 11.8 Å². The lowest BCUT2D eigenvalue weighted by atomic mass is 10.0. The number of esters is 1. The van der Waals surface area contributed by atoms with E-state index in [2.05, 4.69) is 4.74 Å². The lowest BCUT2D eigenvalue weighted by Crippen LogP contribution is -2.40. The van der Waals surface area contributed by atoms with Crippen LogP contribution >= 0.6 is 0 Å². The maximum absolute atomic E-state index is 13.4. The second kappa shape index (κ2) is 5.71. The number of carbonyl (C=O) groups is 2. The summed E-state index contributed by atoms with van der Waals surface area (Å²) in [5.74, 6) is -7.33. The minimum absolute atomic E-state index is 0.188. The standard InChI is InChI=1S/C13H14F2O3/c1-3-18-12(17)13(14,15)11(16)8-10-6-4-5-9(2)7-10/h4-7H,3,8H2,1-2H3. The molecular formula is C13H14F2O3. The zero-order chi connectivity index (χ0) is 13.8. The fourth-order valence-electron chi connectivity index (χ4n) is 1.45. The van der Waals surface area contributed by atoms with Gasteiger partial charge in [0.25, 0.3) is 0 Å². The van der Waals surface area contributed by atoms with Gasteiger partial charge in [0, 0.05) is 6.42 Å². The first-order valence-corrected chi connectivity index (χ1v) is 5.51. The van der Waals surface area contributed by atoms with Crippen molar-refractivity contribution in [2.45, 2.75) is 26.2 Å². The van der Waals surface area contributed by atoms with Gasteiger partial charge in [-0.1, -0.05) is 29.8 Å². The van der Waals surface area contributed by atoms with Crippen molar-refractivity contribution in [3.8, 4) is 0 Å². The predicted octanol–water partition coefficient (Wildman–Crippen LogP) is 2.31. The summed E-state index contributed by atoms with van der Waals surface area (Å²) < 4.78 is 30.9. The highest BCUT2D eigenvalue weighted by molar-refractivity contribution is 6.06. The minimum atomic E-state index is -4.08. The van der Waals surface area contributed by atoms with Gasteiger partial charge in [-0.3, -0.25) is 4.79 Å². The Bertz CT molecular complexity index is 455. The van der Waals surface area contributed by atoms with Gasteiger partial charge in [-0.05, 0) is 19.4 Å². The van der Waals surface area contributed by atoms with Crippen molar-refractivity contribution in [3.63, 3.8) is 0 Å². The molecule has 0 unspecified atom stereocenters. The SMILES string of the molecule is CCOC(=O)C(F)(F)C(=O)Cc1cccc(C)c1. The molecule has 0 bridgehead atoms. The van der Waals surface area contributed by atoms with E-state index in [1.807, 2.05) is 0 Å². The molecule has 0 radical (unpaired) electrons. The molecule has 0 fully saturated rings. The van der Waals surface area contributed by atoms with Crippen molar-refractivity contribution < 1.29 is 23.1 Å². The number of benzene rings is 1. The Balaban J connectivity index is 2.79. The molecule has 0 aliphatic heterocycles. The zero-order valence-corrected chi connectivity index (χ0v) is 10.2. The Hall–Kier alpha value is -1.78. The van der Waals surface area contributed by atoms with Crippen LogP contribution < -0.4 is 0 Å². The van der Waals surface area contributed by atoms with Gasteiger partial charge in [0.1, 0.15) is 0 Å². The van der Waals surface area contributed by atoms with E-state index in [1.165, 1.54) is 6.92 Å². The van der Waals surface area contributed by atoms with E-state index in [0.717, 1.165) is 5.56 Å². The third-order valence-electron chi connectivity index (χ3n) is 2.33. The molecule has 0 aliphatic rings. The fraction of sp³-hybridized carbons (Fsp3) is 0.385. The third kappa shape index (κ3) is 3.35. The number of hydrogen-bond donors (Lipinski definition) is 0. The number of carbonyl (C=O) groups excluding carboxylic acids is 2. The van der Waals surface area contributed by atoms with E-state index < -0.39 is 24.1 Å². The largest absolute Gasteiger partial charge is 0.461 e. The number of hydrogen-bond acceptors (Lipinski definition) is 3. The molecule has 0 heterocycles. The van der Waals surface area contributed by atoms with Crippen LogP contribution in [0.3, 0.4) is 0 Å². The second-order valence-corrected chi connectivity index (χ2v) is 3.88. The summed E-state index contributed by atoms with van der Waals surface area (Å²) in [4.78, 5) is 22.4. The molecule has 0 atom stereocenters. The summed E-state index contributed by atoms with van der Waals surface area (Å²) in [6, 6.07) is 6.64. The molecule has 0 aliphatic carbocycles. The van der Waals surface area contributed by atoms with Crippen LogP contribution in [0, 0.1) is 6.92 Å². The summed E-state index contributed by atoms with van der Waals surface area (Å²) in [5, 5.41) is 0. The number of Topliss-reactive ketones (excluding diaryl/α,β-unsaturated/α-hetero) is 1. The van der Waals surface area contributed by atoms with Crippen LogP contribution in [0.4, 0.5) is 8.78 Å². The van der Waals surface area contributed by atoms with Crippen LogP contribution in [-0.4, -0.2) is 24.3 Å². The van der Waals surface area contributed by atoms with Crippen molar-refractivity contribution in [2.75, 3.05) is 6.61 Å².